The summed E-state index contributed by atoms with van der Waals surface area (Å²) in [5.74, 6) is 0.317. The number of nitrogens with one attached hydrogen (secondary N) is 1. The number of alkyl halides is 2. The molecule has 8 heteroatoms. The zero-order valence-corrected chi connectivity index (χ0v) is 16.2. The summed E-state index contributed by atoms with van der Waals surface area (Å²) in [6, 6.07) is 12.0. The normalized spacial score (nSPS) is 10.8. The average molecular weight is 402 g/mol. The lowest BCUT2D eigenvalue weighted by Gasteiger charge is -2.12. The fourth-order valence-electron chi connectivity index (χ4n) is 2.71. The van der Waals surface area contributed by atoms with Gasteiger partial charge in [-0.25, -0.2) is 0 Å². The first-order chi connectivity index (χ1) is 13.8. The molecule has 3 rings (SSSR count). The molecule has 0 aliphatic rings. The van der Waals surface area contributed by atoms with Crippen LogP contribution < -0.4 is 14.8 Å². The summed E-state index contributed by atoms with van der Waals surface area (Å²) in [7, 11) is 0. The molecule has 6 nitrogen and oxygen atoms in total. The number of nitrogens with zero attached hydrogens (tertiary/aromatic N) is 1. The van der Waals surface area contributed by atoms with Crippen LogP contribution in [0.25, 0.3) is 0 Å². The Morgan fingerprint density at radius 3 is 2.62 bits per heavy atom. The Bertz CT molecular complexity index is 1020. The maximum Gasteiger partial charge on any atom is 0.387 e. The minimum Gasteiger partial charge on any atom is -0.489 e. The molecule has 1 heterocycles. The van der Waals surface area contributed by atoms with Crippen molar-refractivity contribution in [2.45, 2.75) is 34.0 Å². The van der Waals surface area contributed by atoms with Crippen LogP contribution in [0, 0.1) is 20.8 Å². The number of carbonyl (C=O) groups is 1. The number of rotatable bonds is 7. The van der Waals surface area contributed by atoms with E-state index in [-0.39, 0.29) is 23.7 Å². The van der Waals surface area contributed by atoms with Gasteiger partial charge in [0.15, 0.2) is 5.69 Å². The molecule has 3 aromatic rings. The quantitative estimate of drug-likeness (QED) is 0.600. The Labute approximate surface area is 166 Å². The first-order valence-corrected chi connectivity index (χ1v) is 8.85. The van der Waals surface area contributed by atoms with Crippen molar-refractivity contribution >= 4 is 11.6 Å². The van der Waals surface area contributed by atoms with Crippen LogP contribution in [0.2, 0.25) is 0 Å². The number of hydrogen-bond donors (Lipinski definition) is 1. The fourth-order valence-corrected chi connectivity index (χ4v) is 2.71. The lowest BCUT2D eigenvalue weighted by Crippen LogP contribution is -2.17. The summed E-state index contributed by atoms with van der Waals surface area (Å²) in [6.45, 7) is 2.38. The molecule has 0 unspecified atom stereocenters. The van der Waals surface area contributed by atoms with E-state index in [1.165, 1.54) is 12.1 Å². The number of anilines is 1. The fraction of sp³-hybridized carbons (Fsp3) is 0.238. The minimum absolute atomic E-state index is 0.0127. The summed E-state index contributed by atoms with van der Waals surface area (Å²) in [5, 5.41) is 6.34. The number of carbonyl (C=O) groups excluding carboxylic acids is 1. The van der Waals surface area contributed by atoms with E-state index >= 15 is 0 Å². The van der Waals surface area contributed by atoms with Crippen molar-refractivity contribution in [2.75, 3.05) is 5.32 Å². The van der Waals surface area contributed by atoms with Gasteiger partial charge in [0.2, 0.25) is 0 Å². The molecule has 0 spiro atoms. The molecule has 0 bridgehead atoms. The van der Waals surface area contributed by atoms with Crippen molar-refractivity contribution in [3.63, 3.8) is 0 Å². The maximum atomic E-state index is 12.7. The summed E-state index contributed by atoms with van der Waals surface area (Å²) >= 11 is 0. The topological polar surface area (TPSA) is 73.6 Å². The molecule has 0 fully saturated rings. The van der Waals surface area contributed by atoms with Crippen LogP contribution in [-0.2, 0) is 6.61 Å². The number of amides is 1. The molecule has 0 radical (unpaired) electrons. The first-order valence-electron chi connectivity index (χ1n) is 8.85. The number of hydrogen-bond acceptors (Lipinski definition) is 5. The zero-order valence-electron chi connectivity index (χ0n) is 16.2. The average Bonchev–Trinajstić information content (AvgIpc) is 3.02. The van der Waals surface area contributed by atoms with Gasteiger partial charge in [0.05, 0.1) is 11.3 Å². The van der Waals surface area contributed by atoms with Crippen LogP contribution in [0.5, 0.6) is 11.5 Å². The van der Waals surface area contributed by atoms with Crippen molar-refractivity contribution < 1.29 is 27.6 Å². The van der Waals surface area contributed by atoms with Crippen molar-refractivity contribution in [3.8, 4) is 11.5 Å². The molecule has 0 aliphatic carbocycles. The Morgan fingerprint density at radius 2 is 1.90 bits per heavy atom. The third-order valence-corrected chi connectivity index (χ3v) is 4.17. The number of aryl methyl sites for hydroxylation is 3. The predicted octanol–water partition coefficient (Wildman–Crippen LogP) is 5.03. The summed E-state index contributed by atoms with van der Waals surface area (Å²) in [6.07, 6.45) is 0. The van der Waals surface area contributed by atoms with E-state index in [0.29, 0.717) is 22.6 Å². The molecule has 2 aromatic carbocycles. The van der Waals surface area contributed by atoms with Gasteiger partial charge in [0, 0.05) is 0 Å². The molecule has 0 atom stereocenters. The Kier molecular flexibility index (Phi) is 6.11. The van der Waals surface area contributed by atoms with E-state index in [1.807, 2.05) is 25.1 Å². The number of benzene rings is 2. The van der Waals surface area contributed by atoms with Crippen molar-refractivity contribution in [1.82, 2.24) is 5.16 Å². The van der Waals surface area contributed by atoms with E-state index in [2.05, 4.69) is 15.2 Å². The van der Waals surface area contributed by atoms with Crippen molar-refractivity contribution in [3.05, 3.63) is 70.6 Å². The lowest BCUT2D eigenvalue weighted by atomic mass is 10.1. The third kappa shape index (κ3) is 5.10. The van der Waals surface area contributed by atoms with Gasteiger partial charge in [-0.1, -0.05) is 23.4 Å². The van der Waals surface area contributed by atoms with Gasteiger partial charge in [-0.3, -0.25) is 4.79 Å². The smallest absolute Gasteiger partial charge is 0.387 e. The lowest BCUT2D eigenvalue weighted by molar-refractivity contribution is -0.0494. The van der Waals surface area contributed by atoms with Crippen LogP contribution in [0.15, 0.2) is 47.0 Å². The van der Waals surface area contributed by atoms with E-state index in [4.69, 9.17) is 9.26 Å². The van der Waals surface area contributed by atoms with Gasteiger partial charge in [-0.2, -0.15) is 8.78 Å². The summed E-state index contributed by atoms with van der Waals surface area (Å²) in [5.41, 5.74) is 2.33. The Morgan fingerprint density at radius 1 is 1.14 bits per heavy atom. The van der Waals surface area contributed by atoms with Gasteiger partial charge < -0.3 is 19.3 Å². The van der Waals surface area contributed by atoms with Crippen LogP contribution in [-0.4, -0.2) is 17.7 Å². The molecule has 1 amide bonds. The Balaban J connectivity index is 1.79. The van der Waals surface area contributed by atoms with Gasteiger partial charge in [0.1, 0.15) is 23.9 Å². The first kappa shape index (κ1) is 20.3. The SMILES string of the molecule is Cc1cccc(OCc2c(C(=O)Nc3ccc(C)cc3OC(F)F)noc2C)c1. The Hall–Kier alpha value is -3.42. The molecular formula is C21H20F2N2O4. The van der Waals surface area contributed by atoms with Crippen molar-refractivity contribution in [2.24, 2.45) is 0 Å². The van der Waals surface area contributed by atoms with Gasteiger partial charge >= 0.3 is 6.61 Å². The van der Waals surface area contributed by atoms with Crippen LogP contribution in [0.3, 0.4) is 0 Å². The maximum absolute atomic E-state index is 12.7. The zero-order chi connectivity index (χ0) is 21.0. The summed E-state index contributed by atoms with van der Waals surface area (Å²) < 4.78 is 40.7. The molecule has 1 aromatic heterocycles. The van der Waals surface area contributed by atoms with Gasteiger partial charge in [0.25, 0.3) is 5.91 Å². The van der Waals surface area contributed by atoms with Gasteiger partial charge in [-0.05, 0) is 56.2 Å². The highest BCUT2D eigenvalue weighted by atomic mass is 19.3. The highest BCUT2D eigenvalue weighted by Gasteiger charge is 2.22. The van der Waals surface area contributed by atoms with E-state index in [9.17, 15) is 13.6 Å². The second kappa shape index (κ2) is 8.72. The number of aromatic nitrogens is 1. The molecule has 0 saturated carbocycles. The standard InChI is InChI=1S/C21H20F2N2O4/c1-12-5-4-6-15(9-12)27-11-16-14(3)29-25-19(16)20(26)24-17-8-7-13(2)10-18(17)28-21(22)23/h4-10,21H,11H2,1-3H3,(H,24,26). The van der Waals surface area contributed by atoms with Crippen LogP contribution >= 0.6 is 0 Å². The monoisotopic (exact) mass is 402 g/mol. The highest BCUT2D eigenvalue weighted by molar-refractivity contribution is 6.04. The summed E-state index contributed by atoms with van der Waals surface area (Å²) in [4.78, 5) is 12.7. The van der Waals surface area contributed by atoms with E-state index in [0.717, 1.165) is 5.56 Å². The largest absolute Gasteiger partial charge is 0.489 e. The molecular weight excluding hydrogens is 382 g/mol. The number of halogens is 2. The highest BCUT2D eigenvalue weighted by Crippen LogP contribution is 2.28. The van der Waals surface area contributed by atoms with E-state index in [1.54, 1.807) is 26.0 Å². The number of ether oxygens (including phenoxy) is 2. The van der Waals surface area contributed by atoms with E-state index < -0.39 is 12.5 Å². The minimum atomic E-state index is -3.01. The molecule has 0 aliphatic heterocycles. The third-order valence-electron chi connectivity index (χ3n) is 4.17. The molecule has 1 N–H and O–H groups in total. The molecule has 0 saturated heterocycles. The van der Waals surface area contributed by atoms with Crippen molar-refractivity contribution in [1.29, 1.82) is 0 Å². The van der Waals surface area contributed by atoms with Crippen LogP contribution in [0.4, 0.5) is 14.5 Å². The predicted molar refractivity (Wildman–Crippen MR) is 103 cm³/mol. The molecule has 152 valence electrons. The van der Waals surface area contributed by atoms with Crippen LogP contribution in [0.1, 0.15) is 32.9 Å². The molecule has 29 heavy (non-hydrogen) atoms. The van der Waals surface area contributed by atoms with Gasteiger partial charge in [-0.15, -0.1) is 0 Å². The second-order valence-electron chi connectivity index (χ2n) is 6.50. The second-order valence-corrected chi connectivity index (χ2v) is 6.50.